The Morgan fingerprint density at radius 2 is 1.96 bits per heavy atom. The highest BCUT2D eigenvalue weighted by Gasteiger charge is 2.13. The average molecular weight is 375 g/mol. The van der Waals surface area contributed by atoms with Crippen molar-refractivity contribution in [3.63, 3.8) is 0 Å². The van der Waals surface area contributed by atoms with Crippen LogP contribution in [-0.4, -0.2) is 18.0 Å². The Labute approximate surface area is 161 Å². The first-order chi connectivity index (χ1) is 13.1. The van der Waals surface area contributed by atoms with Crippen molar-refractivity contribution in [1.82, 2.24) is 4.98 Å². The van der Waals surface area contributed by atoms with E-state index in [1.165, 1.54) is 23.0 Å². The largest absolute Gasteiger partial charge is 0.496 e. The van der Waals surface area contributed by atoms with Gasteiger partial charge in [-0.05, 0) is 19.1 Å². The number of aryl methyl sites for hydroxylation is 1. The zero-order valence-corrected chi connectivity index (χ0v) is 15.7. The fourth-order valence-electron chi connectivity index (χ4n) is 2.44. The summed E-state index contributed by atoms with van der Waals surface area (Å²) in [7, 11) is 1.54. The van der Waals surface area contributed by atoms with E-state index in [1.54, 1.807) is 19.2 Å². The molecule has 5 nitrogen and oxygen atoms in total. The highest BCUT2D eigenvalue weighted by molar-refractivity contribution is 7.14. The molecule has 1 heterocycles. The predicted octanol–water partition coefficient (Wildman–Crippen LogP) is 4.67. The Balaban J connectivity index is 1.79. The van der Waals surface area contributed by atoms with Gasteiger partial charge in [0.15, 0.2) is 5.13 Å². The Hall–Kier alpha value is -3.43. The van der Waals surface area contributed by atoms with Gasteiger partial charge in [-0.3, -0.25) is 10.1 Å². The lowest BCUT2D eigenvalue weighted by Gasteiger charge is -2.05. The molecule has 0 aliphatic carbocycles. The molecule has 0 saturated heterocycles. The van der Waals surface area contributed by atoms with Gasteiger partial charge in [0.2, 0.25) is 0 Å². The first-order valence-electron chi connectivity index (χ1n) is 8.19. The maximum absolute atomic E-state index is 12.5. The molecule has 0 spiro atoms. The first-order valence-corrected chi connectivity index (χ1v) is 9.07. The molecule has 1 N–H and O–H groups in total. The number of aromatic nitrogens is 1. The van der Waals surface area contributed by atoms with Crippen LogP contribution in [0.15, 0.2) is 59.5 Å². The third kappa shape index (κ3) is 4.40. The normalized spacial score (nSPS) is 10.9. The van der Waals surface area contributed by atoms with Gasteiger partial charge < -0.3 is 4.74 Å². The summed E-state index contributed by atoms with van der Waals surface area (Å²) in [6.45, 7) is 2.02. The highest BCUT2D eigenvalue weighted by atomic mass is 32.1. The SMILES string of the molecule is COc1ccccc1/C=C(\C#N)C(=O)Nc1nc(-c2ccc(C)cc2)cs1. The molecule has 3 rings (SSSR count). The van der Waals surface area contributed by atoms with E-state index in [0.29, 0.717) is 16.4 Å². The van der Waals surface area contributed by atoms with E-state index in [9.17, 15) is 10.1 Å². The summed E-state index contributed by atoms with van der Waals surface area (Å²) in [5, 5.41) is 14.4. The predicted molar refractivity (Wildman–Crippen MR) is 108 cm³/mol. The average Bonchev–Trinajstić information content (AvgIpc) is 3.15. The number of thiazole rings is 1. The molecule has 0 fully saturated rings. The Morgan fingerprint density at radius 3 is 2.67 bits per heavy atom. The molecule has 0 unspecified atom stereocenters. The molecule has 2 aromatic carbocycles. The number of amides is 1. The number of hydrogen-bond acceptors (Lipinski definition) is 5. The second-order valence-electron chi connectivity index (χ2n) is 5.77. The van der Waals surface area contributed by atoms with Crippen molar-refractivity contribution in [3.05, 3.63) is 70.6 Å². The van der Waals surface area contributed by atoms with Crippen molar-refractivity contribution in [2.45, 2.75) is 6.92 Å². The topological polar surface area (TPSA) is 75.0 Å². The van der Waals surface area contributed by atoms with E-state index < -0.39 is 5.91 Å². The maximum Gasteiger partial charge on any atom is 0.268 e. The van der Waals surface area contributed by atoms with Crippen molar-refractivity contribution in [1.29, 1.82) is 5.26 Å². The minimum absolute atomic E-state index is 0.0217. The van der Waals surface area contributed by atoms with E-state index in [2.05, 4.69) is 10.3 Å². The van der Waals surface area contributed by atoms with E-state index >= 15 is 0 Å². The number of nitrogens with one attached hydrogen (secondary N) is 1. The Kier molecular flexibility index (Phi) is 5.64. The number of nitriles is 1. The number of para-hydroxylation sites is 1. The number of ether oxygens (including phenoxy) is 1. The number of benzene rings is 2. The van der Waals surface area contributed by atoms with Crippen LogP contribution in [0, 0.1) is 18.3 Å². The van der Waals surface area contributed by atoms with Crippen molar-refractivity contribution >= 4 is 28.5 Å². The fourth-order valence-corrected chi connectivity index (χ4v) is 3.16. The van der Waals surface area contributed by atoms with Crippen LogP contribution in [0.25, 0.3) is 17.3 Å². The van der Waals surface area contributed by atoms with Gasteiger partial charge in [-0.15, -0.1) is 11.3 Å². The van der Waals surface area contributed by atoms with Crippen molar-refractivity contribution < 1.29 is 9.53 Å². The van der Waals surface area contributed by atoms with E-state index in [-0.39, 0.29) is 5.57 Å². The molecule has 0 atom stereocenters. The number of carbonyl (C=O) groups is 1. The Bertz CT molecular complexity index is 1030. The molecule has 134 valence electrons. The van der Waals surface area contributed by atoms with Gasteiger partial charge in [-0.1, -0.05) is 48.0 Å². The third-order valence-electron chi connectivity index (χ3n) is 3.88. The molecule has 0 saturated carbocycles. The molecule has 6 heteroatoms. The number of carbonyl (C=O) groups excluding carboxylic acids is 1. The van der Waals surface area contributed by atoms with Gasteiger partial charge in [0.05, 0.1) is 12.8 Å². The number of hydrogen-bond donors (Lipinski definition) is 1. The zero-order chi connectivity index (χ0) is 19.2. The van der Waals surface area contributed by atoms with Crippen molar-refractivity contribution in [2.75, 3.05) is 12.4 Å². The summed E-state index contributed by atoms with van der Waals surface area (Å²) in [5.41, 5.74) is 3.56. The molecule has 0 radical (unpaired) electrons. The van der Waals surface area contributed by atoms with Crippen LogP contribution in [-0.2, 0) is 4.79 Å². The van der Waals surface area contributed by atoms with Crippen molar-refractivity contribution in [2.24, 2.45) is 0 Å². The van der Waals surface area contributed by atoms with Gasteiger partial charge in [0.1, 0.15) is 17.4 Å². The summed E-state index contributed by atoms with van der Waals surface area (Å²) < 4.78 is 5.25. The molecule has 0 bridgehead atoms. The second kappa shape index (κ2) is 8.30. The van der Waals surface area contributed by atoms with Gasteiger partial charge in [0.25, 0.3) is 5.91 Å². The van der Waals surface area contributed by atoms with Crippen LogP contribution in [0.2, 0.25) is 0 Å². The zero-order valence-electron chi connectivity index (χ0n) is 14.9. The second-order valence-corrected chi connectivity index (χ2v) is 6.63. The third-order valence-corrected chi connectivity index (χ3v) is 4.63. The number of anilines is 1. The summed E-state index contributed by atoms with van der Waals surface area (Å²) in [6.07, 6.45) is 1.50. The number of nitrogens with zero attached hydrogens (tertiary/aromatic N) is 2. The highest BCUT2D eigenvalue weighted by Crippen LogP contribution is 2.26. The minimum atomic E-state index is -0.506. The molecular formula is C21H17N3O2S. The lowest BCUT2D eigenvalue weighted by atomic mass is 10.1. The lowest BCUT2D eigenvalue weighted by molar-refractivity contribution is -0.112. The molecule has 3 aromatic rings. The van der Waals surface area contributed by atoms with E-state index in [4.69, 9.17) is 4.74 Å². The van der Waals surface area contributed by atoms with Gasteiger partial charge in [-0.2, -0.15) is 5.26 Å². The van der Waals surface area contributed by atoms with Crippen LogP contribution in [0.5, 0.6) is 5.75 Å². The maximum atomic E-state index is 12.5. The van der Waals surface area contributed by atoms with Gasteiger partial charge in [-0.25, -0.2) is 4.98 Å². The number of rotatable bonds is 5. The Morgan fingerprint density at radius 1 is 1.22 bits per heavy atom. The van der Waals surface area contributed by atoms with E-state index in [1.807, 2.05) is 54.8 Å². The minimum Gasteiger partial charge on any atom is -0.496 e. The van der Waals surface area contributed by atoms with Gasteiger partial charge >= 0.3 is 0 Å². The molecule has 1 aromatic heterocycles. The first kappa shape index (κ1) is 18.4. The molecule has 0 aliphatic heterocycles. The van der Waals surface area contributed by atoms with Crippen LogP contribution < -0.4 is 10.1 Å². The number of methoxy groups -OCH3 is 1. The summed E-state index contributed by atoms with van der Waals surface area (Å²) >= 11 is 1.31. The summed E-state index contributed by atoms with van der Waals surface area (Å²) in [4.78, 5) is 16.9. The van der Waals surface area contributed by atoms with Crippen molar-refractivity contribution in [3.8, 4) is 23.1 Å². The smallest absolute Gasteiger partial charge is 0.268 e. The molecule has 1 amide bonds. The standard InChI is InChI=1S/C21H17N3O2S/c1-14-7-9-15(10-8-14)18-13-27-21(23-18)24-20(25)17(12-22)11-16-5-3-4-6-19(16)26-2/h3-11,13H,1-2H3,(H,23,24,25)/b17-11+. The fraction of sp³-hybridized carbons (Fsp3) is 0.0952. The quantitative estimate of drug-likeness (QED) is 0.519. The molecule has 0 aliphatic rings. The monoisotopic (exact) mass is 375 g/mol. The van der Waals surface area contributed by atoms with Crippen LogP contribution in [0.4, 0.5) is 5.13 Å². The summed E-state index contributed by atoms with van der Waals surface area (Å²) in [5.74, 6) is 0.0853. The summed E-state index contributed by atoms with van der Waals surface area (Å²) in [6, 6.07) is 17.1. The van der Waals surface area contributed by atoms with E-state index in [0.717, 1.165) is 11.3 Å². The van der Waals surface area contributed by atoms with Crippen LogP contribution in [0.3, 0.4) is 0 Å². The van der Waals surface area contributed by atoms with Gasteiger partial charge in [0, 0.05) is 16.5 Å². The molecule has 27 heavy (non-hydrogen) atoms. The van der Waals surface area contributed by atoms with Crippen LogP contribution >= 0.6 is 11.3 Å². The molecular weight excluding hydrogens is 358 g/mol. The van der Waals surface area contributed by atoms with Crippen LogP contribution in [0.1, 0.15) is 11.1 Å². The lowest BCUT2D eigenvalue weighted by Crippen LogP contribution is -2.13.